The van der Waals surface area contributed by atoms with Crippen molar-refractivity contribution in [1.29, 1.82) is 0 Å². The van der Waals surface area contributed by atoms with E-state index < -0.39 is 11.7 Å². The summed E-state index contributed by atoms with van der Waals surface area (Å²) < 4.78 is 44.9. The summed E-state index contributed by atoms with van der Waals surface area (Å²) in [6, 6.07) is 2.96. The van der Waals surface area contributed by atoms with Crippen molar-refractivity contribution in [2.45, 2.75) is 24.8 Å². The van der Waals surface area contributed by atoms with Gasteiger partial charge in [-0.05, 0) is 22.8 Å². The summed E-state index contributed by atoms with van der Waals surface area (Å²) in [4.78, 5) is 0. The summed E-state index contributed by atoms with van der Waals surface area (Å²) >= 11 is 0. The van der Waals surface area contributed by atoms with Crippen molar-refractivity contribution in [3.8, 4) is 0 Å². The van der Waals surface area contributed by atoms with E-state index in [1.165, 1.54) is 6.08 Å². The molecule has 5 heteroatoms. The number of fused-ring (bicyclic) bond motifs is 3. The zero-order valence-electron chi connectivity index (χ0n) is 10.3. The predicted octanol–water partition coefficient (Wildman–Crippen LogP) is 2.93. The number of hydrogen-bond donors (Lipinski definition) is 1. The summed E-state index contributed by atoms with van der Waals surface area (Å²) in [5.74, 6) is 0.00440. The van der Waals surface area contributed by atoms with Crippen LogP contribution in [0.4, 0.5) is 13.2 Å². The normalized spacial score (nSPS) is 25.8. The van der Waals surface area contributed by atoms with Crippen LogP contribution in [0.3, 0.4) is 0 Å². The van der Waals surface area contributed by atoms with Gasteiger partial charge in [-0.15, -0.1) is 0 Å². The van der Waals surface area contributed by atoms with Gasteiger partial charge >= 0.3 is 6.18 Å². The van der Waals surface area contributed by atoms with Crippen LogP contribution in [0.5, 0.6) is 0 Å². The molecular formula is C14H14F3NO. The Kier molecular flexibility index (Phi) is 2.91. The van der Waals surface area contributed by atoms with Gasteiger partial charge in [-0.1, -0.05) is 18.7 Å². The Morgan fingerprint density at radius 1 is 1.32 bits per heavy atom. The molecule has 1 N–H and O–H groups in total. The molecule has 0 amide bonds. The molecule has 2 heterocycles. The van der Waals surface area contributed by atoms with E-state index in [0.717, 1.165) is 11.6 Å². The maximum Gasteiger partial charge on any atom is 0.416 e. The average Bonchev–Trinajstić information content (AvgIpc) is 2.84. The van der Waals surface area contributed by atoms with Crippen molar-refractivity contribution in [2.75, 3.05) is 13.1 Å². The van der Waals surface area contributed by atoms with Crippen LogP contribution in [-0.4, -0.2) is 19.2 Å². The molecule has 2 nitrogen and oxygen atoms in total. The minimum atomic E-state index is -4.36. The molecule has 1 aromatic carbocycles. The molecule has 2 unspecified atom stereocenters. The van der Waals surface area contributed by atoms with Gasteiger partial charge in [0.2, 0.25) is 0 Å². The third-order valence-corrected chi connectivity index (χ3v) is 3.85. The minimum absolute atomic E-state index is 0.00440. The van der Waals surface area contributed by atoms with Gasteiger partial charge < -0.3 is 10.1 Å². The summed E-state index contributed by atoms with van der Waals surface area (Å²) in [5.41, 5.74) is 0.956. The van der Waals surface area contributed by atoms with Gasteiger partial charge in [0, 0.05) is 19.0 Å². The zero-order valence-corrected chi connectivity index (χ0v) is 10.3. The Morgan fingerprint density at radius 2 is 2.11 bits per heavy atom. The molecule has 1 fully saturated rings. The first-order valence-electron chi connectivity index (χ1n) is 6.19. The van der Waals surface area contributed by atoms with E-state index in [4.69, 9.17) is 4.74 Å². The molecule has 1 aromatic rings. The second kappa shape index (κ2) is 4.35. The smallest absolute Gasteiger partial charge is 0.372 e. The lowest BCUT2D eigenvalue weighted by atomic mass is 9.85. The fourth-order valence-corrected chi connectivity index (χ4v) is 2.91. The highest BCUT2D eigenvalue weighted by molar-refractivity contribution is 5.55. The minimum Gasteiger partial charge on any atom is -0.372 e. The monoisotopic (exact) mass is 269 g/mol. The van der Waals surface area contributed by atoms with Gasteiger partial charge in [0.05, 0.1) is 18.3 Å². The molecule has 0 saturated carbocycles. The fourth-order valence-electron chi connectivity index (χ4n) is 2.91. The number of alkyl halides is 3. The lowest BCUT2D eigenvalue weighted by molar-refractivity contribution is -0.139. The first-order valence-corrected chi connectivity index (χ1v) is 6.19. The first kappa shape index (κ1) is 12.7. The van der Waals surface area contributed by atoms with Crippen molar-refractivity contribution >= 4 is 6.08 Å². The highest BCUT2D eigenvalue weighted by atomic mass is 19.4. The Labute approximate surface area is 109 Å². The van der Waals surface area contributed by atoms with Crippen molar-refractivity contribution in [2.24, 2.45) is 0 Å². The number of halogens is 3. The SMILES string of the molecule is C=Cc1cc2c(c(C(F)(F)F)c1)COC1CNCC21. The largest absolute Gasteiger partial charge is 0.416 e. The predicted molar refractivity (Wildman–Crippen MR) is 65.7 cm³/mol. The third kappa shape index (κ3) is 2.07. The Balaban J connectivity index is 2.18. The summed E-state index contributed by atoms with van der Waals surface area (Å²) in [6.07, 6.45) is -2.91. The maximum absolute atomic E-state index is 13.1. The highest BCUT2D eigenvalue weighted by Crippen LogP contribution is 2.41. The van der Waals surface area contributed by atoms with Crippen LogP contribution < -0.4 is 5.32 Å². The van der Waals surface area contributed by atoms with E-state index in [1.54, 1.807) is 0 Å². The van der Waals surface area contributed by atoms with Gasteiger partial charge in [-0.3, -0.25) is 0 Å². The second-order valence-electron chi connectivity index (χ2n) is 4.95. The second-order valence-corrected chi connectivity index (χ2v) is 4.95. The van der Waals surface area contributed by atoms with Crippen molar-refractivity contribution in [1.82, 2.24) is 5.32 Å². The number of nitrogens with one attached hydrogen (secondary N) is 1. The molecule has 0 bridgehead atoms. The molecule has 2 aliphatic rings. The van der Waals surface area contributed by atoms with Crippen molar-refractivity contribution in [3.63, 3.8) is 0 Å². The van der Waals surface area contributed by atoms with E-state index in [1.807, 2.05) is 6.07 Å². The van der Waals surface area contributed by atoms with Crippen LogP contribution in [0, 0.1) is 0 Å². The van der Waals surface area contributed by atoms with Crippen LogP contribution in [0.25, 0.3) is 6.08 Å². The van der Waals surface area contributed by atoms with Crippen LogP contribution in [0.1, 0.15) is 28.2 Å². The standard InChI is InChI=1S/C14H14F3NO/c1-2-8-3-9-10-5-18-6-13(10)19-7-11(9)12(4-8)14(15,16)17/h2-4,10,13,18H,1,5-7H2. The first-order chi connectivity index (χ1) is 9.00. The van der Waals surface area contributed by atoms with Gasteiger partial charge in [0.1, 0.15) is 0 Å². The number of hydrogen-bond acceptors (Lipinski definition) is 2. The van der Waals surface area contributed by atoms with E-state index in [0.29, 0.717) is 18.7 Å². The van der Waals surface area contributed by atoms with Gasteiger partial charge in [0.15, 0.2) is 0 Å². The zero-order chi connectivity index (χ0) is 13.6. The fraction of sp³-hybridized carbons (Fsp3) is 0.429. The topological polar surface area (TPSA) is 21.3 Å². The van der Waals surface area contributed by atoms with E-state index in [2.05, 4.69) is 11.9 Å². The number of rotatable bonds is 1. The van der Waals surface area contributed by atoms with Gasteiger partial charge in [-0.25, -0.2) is 0 Å². The molecule has 0 radical (unpaired) electrons. The Morgan fingerprint density at radius 3 is 2.79 bits per heavy atom. The number of benzene rings is 1. The van der Waals surface area contributed by atoms with E-state index >= 15 is 0 Å². The quantitative estimate of drug-likeness (QED) is 0.846. The Bertz CT molecular complexity index is 524. The molecule has 0 aromatic heterocycles. The third-order valence-electron chi connectivity index (χ3n) is 3.85. The summed E-state index contributed by atoms with van der Waals surface area (Å²) in [7, 11) is 0. The van der Waals surface area contributed by atoms with E-state index in [9.17, 15) is 13.2 Å². The van der Waals surface area contributed by atoms with Crippen molar-refractivity contribution in [3.05, 3.63) is 41.0 Å². The summed E-state index contributed by atoms with van der Waals surface area (Å²) in [6.45, 7) is 4.97. The van der Waals surface area contributed by atoms with Crippen LogP contribution in [0.15, 0.2) is 18.7 Å². The summed E-state index contributed by atoms with van der Waals surface area (Å²) in [5, 5.41) is 3.17. The lowest BCUT2D eigenvalue weighted by Crippen LogP contribution is -2.29. The number of ether oxygens (including phenoxy) is 1. The van der Waals surface area contributed by atoms with Crippen LogP contribution in [-0.2, 0) is 17.5 Å². The molecular weight excluding hydrogens is 255 g/mol. The van der Waals surface area contributed by atoms with E-state index in [-0.39, 0.29) is 24.2 Å². The maximum atomic E-state index is 13.1. The van der Waals surface area contributed by atoms with Gasteiger partial charge in [0.25, 0.3) is 0 Å². The molecule has 0 spiro atoms. The molecule has 1 saturated heterocycles. The molecule has 2 aliphatic heterocycles. The van der Waals surface area contributed by atoms with Crippen LogP contribution >= 0.6 is 0 Å². The lowest BCUT2D eigenvalue weighted by Gasteiger charge is -2.30. The molecule has 2 atom stereocenters. The highest BCUT2D eigenvalue weighted by Gasteiger charge is 2.41. The molecule has 3 rings (SSSR count). The molecule has 0 aliphatic carbocycles. The van der Waals surface area contributed by atoms with Gasteiger partial charge in [-0.2, -0.15) is 13.2 Å². The van der Waals surface area contributed by atoms with Crippen LogP contribution in [0.2, 0.25) is 0 Å². The molecule has 102 valence electrons. The van der Waals surface area contributed by atoms with Crippen molar-refractivity contribution < 1.29 is 17.9 Å². The Hall–Kier alpha value is -1.33. The average molecular weight is 269 g/mol. The molecule has 19 heavy (non-hydrogen) atoms.